The average Bonchev–Trinajstić information content (AvgIpc) is 2.38. The number of amides is 1. The van der Waals surface area contributed by atoms with Crippen LogP contribution in [0, 0.1) is 0 Å². The Kier molecular flexibility index (Phi) is 8.58. The first-order valence-corrected chi connectivity index (χ1v) is 5.64. The lowest BCUT2D eigenvalue weighted by Gasteiger charge is -2.11. The second kappa shape index (κ2) is 9.33. The fourth-order valence-corrected chi connectivity index (χ4v) is 1.41. The van der Waals surface area contributed by atoms with Crippen LogP contribution >= 0.6 is 12.4 Å². The number of nitrogens with one attached hydrogen (secondary N) is 2. The van der Waals surface area contributed by atoms with Gasteiger partial charge in [-0.25, -0.2) is 0 Å². The minimum Gasteiger partial charge on any atom is -0.493 e. The van der Waals surface area contributed by atoms with E-state index in [9.17, 15) is 13.6 Å². The lowest BCUT2D eigenvalue weighted by atomic mass is 10.2. The van der Waals surface area contributed by atoms with Crippen LogP contribution in [0.5, 0.6) is 11.5 Å². The van der Waals surface area contributed by atoms with Crippen molar-refractivity contribution in [1.82, 2.24) is 10.6 Å². The highest BCUT2D eigenvalue weighted by Crippen LogP contribution is 2.29. The molecule has 0 aromatic heterocycles. The number of methoxy groups -OCH3 is 1. The largest absolute Gasteiger partial charge is 0.493 e. The summed E-state index contributed by atoms with van der Waals surface area (Å²) in [5, 5.41) is 5.55. The first kappa shape index (κ1) is 18.4. The Hall–Kier alpha value is -1.60. The van der Waals surface area contributed by atoms with Gasteiger partial charge in [0.25, 0.3) is 5.91 Å². The molecule has 0 fully saturated rings. The number of hydrogen-bond acceptors (Lipinski definition) is 4. The molecule has 1 amide bonds. The van der Waals surface area contributed by atoms with E-state index in [1.807, 2.05) is 0 Å². The van der Waals surface area contributed by atoms with Gasteiger partial charge >= 0.3 is 6.61 Å². The molecule has 8 heteroatoms. The Morgan fingerprint density at radius 1 is 1.30 bits per heavy atom. The summed E-state index contributed by atoms with van der Waals surface area (Å²) in [7, 11) is 3.09. The summed E-state index contributed by atoms with van der Waals surface area (Å²) in [4.78, 5) is 11.7. The van der Waals surface area contributed by atoms with E-state index in [0.717, 1.165) is 0 Å². The van der Waals surface area contributed by atoms with Gasteiger partial charge in [0.15, 0.2) is 11.5 Å². The Morgan fingerprint density at radius 3 is 2.55 bits per heavy atom. The molecule has 0 aliphatic rings. The van der Waals surface area contributed by atoms with Gasteiger partial charge in [0.2, 0.25) is 0 Å². The number of alkyl halides is 2. The van der Waals surface area contributed by atoms with Crippen molar-refractivity contribution >= 4 is 18.3 Å². The van der Waals surface area contributed by atoms with Crippen LogP contribution in [0.15, 0.2) is 18.2 Å². The zero-order valence-electron chi connectivity index (χ0n) is 11.1. The number of hydrogen-bond donors (Lipinski definition) is 2. The number of carbonyl (C=O) groups excluding carboxylic acids is 1. The van der Waals surface area contributed by atoms with E-state index in [1.54, 1.807) is 7.05 Å². The number of likely N-dealkylation sites (N-methyl/N-ethyl adjacent to an activating group) is 1. The Morgan fingerprint density at radius 2 is 2.00 bits per heavy atom. The van der Waals surface area contributed by atoms with Crippen LogP contribution in [0.3, 0.4) is 0 Å². The van der Waals surface area contributed by atoms with E-state index in [0.29, 0.717) is 18.7 Å². The predicted molar refractivity (Wildman–Crippen MR) is 73.1 cm³/mol. The van der Waals surface area contributed by atoms with Crippen LogP contribution < -0.4 is 20.1 Å². The number of ether oxygens (including phenoxy) is 2. The van der Waals surface area contributed by atoms with Gasteiger partial charge in [-0.1, -0.05) is 0 Å². The molecule has 5 nitrogen and oxygen atoms in total. The predicted octanol–water partition coefficient (Wildman–Crippen LogP) is 1.67. The van der Waals surface area contributed by atoms with E-state index < -0.39 is 6.61 Å². The van der Waals surface area contributed by atoms with E-state index in [1.165, 1.54) is 25.3 Å². The highest BCUT2D eigenvalue weighted by Gasteiger charge is 2.13. The summed E-state index contributed by atoms with van der Waals surface area (Å²) in [5.41, 5.74) is 0.314. The monoisotopic (exact) mass is 310 g/mol. The van der Waals surface area contributed by atoms with Crippen LogP contribution in [0.1, 0.15) is 10.4 Å². The molecule has 0 aliphatic carbocycles. The fraction of sp³-hybridized carbons (Fsp3) is 0.417. The Balaban J connectivity index is 0.00000361. The van der Waals surface area contributed by atoms with Crippen molar-refractivity contribution in [3.05, 3.63) is 23.8 Å². The summed E-state index contributed by atoms with van der Waals surface area (Å²) < 4.78 is 33.5. The molecule has 1 rings (SSSR count). The number of rotatable bonds is 7. The summed E-state index contributed by atoms with van der Waals surface area (Å²) >= 11 is 0. The molecular formula is C12H17ClF2N2O3. The van der Waals surface area contributed by atoms with E-state index in [-0.39, 0.29) is 29.8 Å². The zero-order valence-corrected chi connectivity index (χ0v) is 11.9. The van der Waals surface area contributed by atoms with Gasteiger partial charge < -0.3 is 20.1 Å². The molecule has 0 saturated heterocycles. The van der Waals surface area contributed by atoms with Gasteiger partial charge in [0, 0.05) is 18.7 Å². The van der Waals surface area contributed by atoms with Crippen molar-refractivity contribution in [1.29, 1.82) is 0 Å². The third kappa shape index (κ3) is 5.58. The molecule has 114 valence electrons. The third-order valence-corrected chi connectivity index (χ3v) is 2.30. The van der Waals surface area contributed by atoms with Crippen molar-refractivity contribution < 1.29 is 23.0 Å². The second-order valence-electron chi connectivity index (χ2n) is 3.60. The Labute approximate surface area is 122 Å². The maximum atomic E-state index is 12.1. The molecule has 2 N–H and O–H groups in total. The van der Waals surface area contributed by atoms with Gasteiger partial charge in [0.1, 0.15) is 0 Å². The van der Waals surface area contributed by atoms with Crippen LogP contribution in [-0.4, -0.2) is 39.8 Å². The van der Waals surface area contributed by atoms with Crippen molar-refractivity contribution in [2.24, 2.45) is 0 Å². The van der Waals surface area contributed by atoms with Gasteiger partial charge in [-0.15, -0.1) is 12.4 Å². The van der Waals surface area contributed by atoms with Gasteiger partial charge in [-0.2, -0.15) is 8.78 Å². The Bertz CT molecular complexity index is 433. The summed E-state index contributed by atoms with van der Waals surface area (Å²) in [6.07, 6.45) is 0. The molecule has 20 heavy (non-hydrogen) atoms. The maximum absolute atomic E-state index is 12.1. The lowest BCUT2D eigenvalue weighted by Crippen LogP contribution is -2.30. The standard InChI is InChI=1S/C12H16F2N2O3.ClH/c1-15-5-6-16-11(17)8-3-4-9(19-12(13)14)10(7-8)18-2;/h3-4,7,12,15H,5-6H2,1-2H3,(H,16,17);1H. The van der Waals surface area contributed by atoms with Gasteiger partial charge in [-0.3, -0.25) is 4.79 Å². The quantitative estimate of drug-likeness (QED) is 0.752. The normalized spacial score (nSPS) is 9.85. The smallest absolute Gasteiger partial charge is 0.387 e. The van der Waals surface area contributed by atoms with Crippen LogP contribution in [0.25, 0.3) is 0 Å². The van der Waals surface area contributed by atoms with E-state index >= 15 is 0 Å². The molecule has 0 saturated carbocycles. The van der Waals surface area contributed by atoms with Gasteiger partial charge in [-0.05, 0) is 25.2 Å². The van der Waals surface area contributed by atoms with Crippen molar-refractivity contribution in [2.45, 2.75) is 6.61 Å². The van der Waals surface area contributed by atoms with Crippen molar-refractivity contribution in [3.8, 4) is 11.5 Å². The summed E-state index contributed by atoms with van der Waals surface area (Å²) in [6, 6.07) is 4.03. The third-order valence-electron chi connectivity index (χ3n) is 2.30. The number of carbonyl (C=O) groups is 1. The minimum absolute atomic E-state index is 0. The highest BCUT2D eigenvalue weighted by molar-refractivity contribution is 5.94. The van der Waals surface area contributed by atoms with E-state index in [4.69, 9.17) is 4.74 Å². The molecule has 0 radical (unpaired) electrons. The topological polar surface area (TPSA) is 59.6 Å². The molecule has 1 aromatic carbocycles. The van der Waals surface area contributed by atoms with Crippen LogP contribution in [0.2, 0.25) is 0 Å². The molecule has 0 unspecified atom stereocenters. The average molecular weight is 311 g/mol. The van der Waals surface area contributed by atoms with Crippen molar-refractivity contribution in [2.75, 3.05) is 27.2 Å². The first-order chi connectivity index (χ1) is 9.08. The van der Waals surface area contributed by atoms with Crippen LogP contribution in [-0.2, 0) is 0 Å². The molecule has 0 heterocycles. The summed E-state index contributed by atoms with van der Waals surface area (Å²) in [5.74, 6) is -0.331. The highest BCUT2D eigenvalue weighted by atomic mass is 35.5. The lowest BCUT2D eigenvalue weighted by molar-refractivity contribution is -0.0512. The van der Waals surface area contributed by atoms with Crippen molar-refractivity contribution in [3.63, 3.8) is 0 Å². The van der Waals surface area contributed by atoms with E-state index in [2.05, 4.69) is 15.4 Å². The molecule has 0 atom stereocenters. The van der Waals surface area contributed by atoms with Crippen LogP contribution in [0.4, 0.5) is 8.78 Å². The number of halogens is 3. The maximum Gasteiger partial charge on any atom is 0.387 e. The summed E-state index contributed by atoms with van der Waals surface area (Å²) in [6.45, 7) is -1.84. The fourth-order valence-electron chi connectivity index (χ4n) is 1.41. The molecule has 0 spiro atoms. The number of benzene rings is 1. The molecular weight excluding hydrogens is 294 g/mol. The minimum atomic E-state index is -2.94. The van der Waals surface area contributed by atoms with Gasteiger partial charge in [0.05, 0.1) is 7.11 Å². The molecule has 1 aromatic rings. The zero-order chi connectivity index (χ0) is 14.3. The molecule has 0 bridgehead atoms. The second-order valence-corrected chi connectivity index (χ2v) is 3.60. The molecule has 0 aliphatic heterocycles. The SMILES string of the molecule is CNCCNC(=O)c1ccc(OC(F)F)c(OC)c1.Cl. The first-order valence-electron chi connectivity index (χ1n) is 5.64.